The number of hydrogen-bond acceptors (Lipinski definition) is 4. The smallest absolute Gasteiger partial charge is 0.147 e. The van der Waals surface area contributed by atoms with E-state index in [2.05, 4.69) is 56.1 Å². The second-order valence-electron chi connectivity index (χ2n) is 6.76. The minimum Gasteiger partial charge on any atom is -0.304 e. The Bertz CT molecular complexity index is 860. The van der Waals surface area contributed by atoms with Crippen LogP contribution in [0.5, 0.6) is 0 Å². The van der Waals surface area contributed by atoms with Gasteiger partial charge in [-0.1, -0.05) is 12.1 Å². The van der Waals surface area contributed by atoms with Crippen molar-refractivity contribution in [3.8, 4) is 5.69 Å². The summed E-state index contributed by atoms with van der Waals surface area (Å²) in [6, 6.07) is 9.19. The average molecular weight is 336 g/mol. The van der Waals surface area contributed by atoms with Crippen LogP contribution in [0.1, 0.15) is 54.9 Å². The molecule has 2 aromatic heterocycles. The Labute approximate surface area is 147 Å². The van der Waals surface area contributed by atoms with E-state index in [1.807, 2.05) is 30.9 Å². The molecular weight excluding hydrogens is 312 g/mol. The molecule has 0 saturated carbocycles. The van der Waals surface area contributed by atoms with Gasteiger partial charge in [-0.3, -0.25) is 0 Å². The zero-order chi connectivity index (χ0) is 17.4. The van der Waals surface area contributed by atoms with Crippen molar-refractivity contribution >= 4 is 0 Å². The van der Waals surface area contributed by atoms with E-state index in [1.165, 1.54) is 5.56 Å². The number of nitrogens with zero attached hydrogens (tertiary/aromatic N) is 5. The van der Waals surface area contributed by atoms with Gasteiger partial charge in [-0.25, -0.2) is 14.6 Å². The van der Waals surface area contributed by atoms with Gasteiger partial charge in [-0.05, 0) is 51.3 Å². The molecule has 1 aromatic carbocycles. The van der Waals surface area contributed by atoms with E-state index in [0.29, 0.717) is 0 Å². The molecular formula is C19H24N6. The summed E-state index contributed by atoms with van der Waals surface area (Å²) in [6.07, 6.45) is 6.06. The molecule has 6 heteroatoms. The zero-order valence-corrected chi connectivity index (χ0v) is 15.0. The number of hydrogen-bond donors (Lipinski definition) is 1. The van der Waals surface area contributed by atoms with E-state index in [4.69, 9.17) is 0 Å². The van der Waals surface area contributed by atoms with Crippen molar-refractivity contribution in [3.05, 3.63) is 59.7 Å². The first kappa shape index (κ1) is 16.0. The van der Waals surface area contributed by atoms with Crippen LogP contribution in [0.3, 0.4) is 0 Å². The highest BCUT2D eigenvalue weighted by Crippen LogP contribution is 2.27. The Kier molecular flexibility index (Phi) is 4.13. The van der Waals surface area contributed by atoms with Crippen molar-refractivity contribution < 1.29 is 0 Å². The molecule has 0 saturated heterocycles. The van der Waals surface area contributed by atoms with E-state index < -0.39 is 0 Å². The minimum absolute atomic E-state index is 0.256. The third kappa shape index (κ3) is 3.09. The summed E-state index contributed by atoms with van der Waals surface area (Å²) in [4.78, 5) is 8.90. The van der Waals surface area contributed by atoms with Crippen molar-refractivity contribution in [1.29, 1.82) is 0 Å². The molecule has 3 heterocycles. The molecule has 0 aliphatic carbocycles. The molecule has 0 unspecified atom stereocenters. The normalized spacial score (nSPS) is 18.1. The van der Waals surface area contributed by atoms with Crippen molar-refractivity contribution in [2.24, 2.45) is 0 Å². The van der Waals surface area contributed by atoms with Crippen LogP contribution in [0.2, 0.25) is 0 Å². The van der Waals surface area contributed by atoms with Crippen molar-refractivity contribution in [1.82, 2.24) is 29.6 Å². The standard InChI is InChI=1S/C19H24N6/c1-13(21-18-5-4-11-25-19(18)22-14(2)23-25)16-6-8-17(9-7-16)24-12-10-20-15(24)3/h6-10,12-13,18,21H,4-5,11H2,1-3H3/t13-,18+/m0/s1. The molecule has 0 fully saturated rings. The molecule has 0 bridgehead atoms. The Morgan fingerprint density at radius 3 is 2.72 bits per heavy atom. The molecule has 0 radical (unpaired) electrons. The lowest BCUT2D eigenvalue weighted by molar-refractivity contribution is 0.344. The summed E-state index contributed by atoms with van der Waals surface area (Å²) < 4.78 is 4.14. The van der Waals surface area contributed by atoms with Gasteiger partial charge >= 0.3 is 0 Å². The zero-order valence-electron chi connectivity index (χ0n) is 15.0. The lowest BCUT2D eigenvalue weighted by Gasteiger charge is -2.26. The summed E-state index contributed by atoms with van der Waals surface area (Å²) >= 11 is 0. The molecule has 3 aromatic rings. The number of nitrogens with one attached hydrogen (secondary N) is 1. The molecule has 6 nitrogen and oxygen atoms in total. The summed E-state index contributed by atoms with van der Waals surface area (Å²) in [7, 11) is 0. The maximum Gasteiger partial charge on any atom is 0.147 e. The number of aryl methyl sites for hydroxylation is 3. The maximum atomic E-state index is 4.62. The van der Waals surface area contributed by atoms with Gasteiger partial charge in [0.25, 0.3) is 0 Å². The molecule has 1 N–H and O–H groups in total. The van der Waals surface area contributed by atoms with Gasteiger partial charge in [0.1, 0.15) is 17.5 Å². The van der Waals surface area contributed by atoms with Gasteiger partial charge < -0.3 is 9.88 Å². The van der Waals surface area contributed by atoms with Gasteiger partial charge in [0.2, 0.25) is 0 Å². The van der Waals surface area contributed by atoms with Crippen LogP contribution in [-0.2, 0) is 6.54 Å². The summed E-state index contributed by atoms with van der Waals surface area (Å²) in [5.41, 5.74) is 2.41. The van der Waals surface area contributed by atoms with Crippen LogP contribution < -0.4 is 5.32 Å². The number of benzene rings is 1. The molecule has 25 heavy (non-hydrogen) atoms. The first-order valence-electron chi connectivity index (χ1n) is 8.89. The molecule has 0 spiro atoms. The SMILES string of the molecule is Cc1nc2n(n1)CCC[C@H]2N[C@@H](C)c1ccc(-n2ccnc2C)cc1. The Morgan fingerprint density at radius 2 is 2.00 bits per heavy atom. The van der Waals surface area contributed by atoms with E-state index in [9.17, 15) is 0 Å². The molecule has 0 amide bonds. The van der Waals surface area contributed by atoms with E-state index in [-0.39, 0.29) is 12.1 Å². The number of aromatic nitrogens is 5. The second-order valence-corrected chi connectivity index (χ2v) is 6.76. The molecule has 1 aliphatic heterocycles. The lowest BCUT2D eigenvalue weighted by Crippen LogP contribution is -2.30. The van der Waals surface area contributed by atoms with Gasteiger partial charge in [0, 0.05) is 30.7 Å². The number of imidazole rings is 1. The fourth-order valence-electron chi connectivity index (χ4n) is 3.60. The number of fused-ring (bicyclic) bond motifs is 1. The quantitative estimate of drug-likeness (QED) is 0.794. The van der Waals surface area contributed by atoms with Crippen molar-refractivity contribution in [2.75, 3.05) is 0 Å². The van der Waals surface area contributed by atoms with Gasteiger partial charge in [0.05, 0.1) is 6.04 Å². The van der Waals surface area contributed by atoms with Gasteiger partial charge in [-0.2, -0.15) is 5.10 Å². The average Bonchev–Trinajstić information content (AvgIpc) is 3.20. The van der Waals surface area contributed by atoms with Gasteiger partial charge in [0.15, 0.2) is 0 Å². The van der Waals surface area contributed by atoms with Crippen LogP contribution in [0.25, 0.3) is 5.69 Å². The maximum absolute atomic E-state index is 4.62. The monoisotopic (exact) mass is 336 g/mol. The van der Waals surface area contributed by atoms with Gasteiger partial charge in [-0.15, -0.1) is 0 Å². The Balaban J connectivity index is 1.50. The summed E-state index contributed by atoms with van der Waals surface area (Å²) in [5.74, 6) is 2.92. The Morgan fingerprint density at radius 1 is 1.20 bits per heavy atom. The van der Waals surface area contributed by atoms with E-state index in [1.54, 1.807) is 0 Å². The highest BCUT2D eigenvalue weighted by Gasteiger charge is 2.25. The largest absolute Gasteiger partial charge is 0.304 e. The summed E-state index contributed by atoms with van der Waals surface area (Å²) in [5, 5.41) is 8.21. The second kappa shape index (κ2) is 6.44. The van der Waals surface area contributed by atoms with Crippen LogP contribution in [0.4, 0.5) is 0 Å². The highest BCUT2D eigenvalue weighted by molar-refractivity contribution is 5.36. The fraction of sp³-hybridized carbons (Fsp3) is 0.421. The van der Waals surface area contributed by atoms with Crippen molar-refractivity contribution in [2.45, 2.75) is 52.2 Å². The molecule has 130 valence electrons. The first-order chi connectivity index (χ1) is 12.1. The van der Waals surface area contributed by atoms with Crippen LogP contribution in [-0.4, -0.2) is 24.3 Å². The summed E-state index contributed by atoms with van der Waals surface area (Å²) in [6.45, 7) is 7.16. The third-order valence-electron chi connectivity index (χ3n) is 4.93. The molecule has 4 rings (SSSR count). The predicted octanol–water partition coefficient (Wildman–Crippen LogP) is 3.27. The molecule has 2 atom stereocenters. The fourth-order valence-corrected chi connectivity index (χ4v) is 3.60. The lowest BCUT2D eigenvalue weighted by atomic mass is 10.0. The molecule has 1 aliphatic rings. The van der Waals surface area contributed by atoms with Crippen LogP contribution in [0, 0.1) is 13.8 Å². The predicted molar refractivity (Wildman–Crippen MR) is 96.6 cm³/mol. The van der Waals surface area contributed by atoms with Crippen LogP contribution >= 0.6 is 0 Å². The van der Waals surface area contributed by atoms with E-state index >= 15 is 0 Å². The topological polar surface area (TPSA) is 60.6 Å². The first-order valence-corrected chi connectivity index (χ1v) is 8.89. The van der Waals surface area contributed by atoms with Crippen LogP contribution in [0.15, 0.2) is 36.7 Å². The minimum atomic E-state index is 0.256. The Hall–Kier alpha value is -2.47. The van der Waals surface area contributed by atoms with Crippen molar-refractivity contribution in [3.63, 3.8) is 0 Å². The number of rotatable bonds is 4. The highest BCUT2D eigenvalue weighted by atomic mass is 15.4. The third-order valence-corrected chi connectivity index (χ3v) is 4.93. The van der Waals surface area contributed by atoms with E-state index in [0.717, 1.165) is 42.5 Å².